The minimum absolute atomic E-state index is 0.109. The summed E-state index contributed by atoms with van der Waals surface area (Å²) in [6.07, 6.45) is 2.25. The Balaban J connectivity index is 1.55. The first kappa shape index (κ1) is 25.8. The fourth-order valence-electron chi connectivity index (χ4n) is 6.67. The van der Waals surface area contributed by atoms with Gasteiger partial charge in [-0.25, -0.2) is 0 Å². The van der Waals surface area contributed by atoms with Crippen molar-refractivity contribution in [1.29, 1.82) is 0 Å². The summed E-state index contributed by atoms with van der Waals surface area (Å²) in [7, 11) is 0. The van der Waals surface area contributed by atoms with E-state index >= 15 is 0 Å². The highest BCUT2D eigenvalue weighted by molar-refractivity contribution is 8.02. The molecule has 2 unspecified atom stereocenters. The van der Waals surface area contributed by atoms with Gasteiger partial charge >= 0.3 is 0 Å². The number of aliphatic hydroxyl groups excluding tert-OH is 1. The molecule has 5 rings (SSSR count). The van der Waals surface area contributed by atoms with Crippen LogP contribution in [0.15, 0.2) is 60.7 Å². The maximum atomic E-state index is 14.3. The molecular formula is C29H35N3O4S. The number of amides is 3. The van der Waals surface area contributed by atoms with Crippen molar-refractivity contribution in [3.63, 3.8) is 0 Å². The minimum atomic E-state index is -0.790. The molecule has 2 bridgehead atoms. The number of likely N-dealkylation sites (tertiary alicyclic amines) is 1. The SMILES string of the molecule is CCCNC(=O)[C@H]1[C@H]2C(=O)N([C@H](CO)c3ccccc3)C(C(=O)NCc3ccccc3)C23CC[C@]1(C)S3. The third kappa shape index (κ3) is 4.24. The number of aliphatic hydroxyl groups is 1. The van der Waals surface area contributed by atoms with E-state index in [1.165, 1.54) is 0 Å². The van der Waals surface area contributed by atoms with Gasteiger partial charge in [-0.05, 0) is 37.3 Å². The van der Waals surface area contributed by atoms with E-state index in [9.17, 15) is 19.5 Å². The van der Waals surface area contributed by atoms with E-state index in [4.69, 9.17) is 0 Å². The predicted molar refractivity (Wildman–Crippen MR) is 143 cm³/mol. The molecule has 3 saturated heterocycles. The highest BCUT2D eigenvalue weighted by Gasteiger charge is 2.77. The van der Waals surface area contributed by atoms with Crippen LogP contribution in [0.5, 0.6) is 0 Å². The average Bonchev–Trinajstić information content (AvgIpc) is 3.48. The Morgan fingerprint density at radius 3 is 2.38 bits per heavy atom. The molecule has 3 aliphatic rings. The Hall–Kier alpha value is -2.84. The summed E-state index contributed by atoms with van der Waals surface area (Å²) >= 11 is 1.64. The van der Waals surface area contributed by atoms with Crippen molar-refractivity contribution >= 4 is 29.5 Å². The van der Waals surface area contributed by atoms with Crippen LogP contribution in [0.1, 0.15) is 50.3 Å². The first-order valence-electron chi connectivity index (χ1n) is 13.1. The van der Waals surface area contributed by atoms with E-state index in [2.05, 4.69) is 17.6 Å². The Labute approximate surface area is 222 Å². The maximum Gasteiger partial charge on any atom is 0.244 e. The zero-order chi connectivity index (χ0) is 26.2. The quantitative estimate of drug-likeness (QED) is 0.471. The number of nitrogens with one attached hydrogen (secondary N) is 2. The summed E-state index contributed by atoms with van der Waals surface area (Å²) in [5.74, 6) is -1.69. The summed E-state index contributed by atoms with van der Waals surface area (Å²) in [4.78, 5) is 43.3. The molecule has 3 heterocycles. The Morgan fingerprint density at radius 2 is 1.73 bits per heavy atom. The van der Waals surface area contributed by atoms with E-state index < -0.39 is 33.4 Å². The summed E-state index contributed by atoms with van der Waals surface area (Å²) in [6, 6.07) is 17.6. The second-order valence-corrected chi connectivity index (χ2v) is 12.5. The Kier molecular flexibility index (Phi) is 7.07. The molecule has 196 valence electrons. The molecule has 2 aromatic rings. The zero-order valence-electron chi connectivity index (χ0n) is 21.4. The van der Waals surface area contributed by atoms with Gasteiger partial charge in [0.1, 0.15) is 6.04 Å². The van der Waals surface area contributed by atoms with Crippen LogP contribution in [0.3, 0.4) is 0 Å². The van der Waals surface area contributed by atoms with Crippen LogP contribution in [0.2, 0.25) is 0 Å². The van der Waals surface area contributed by atoms with Crippen molar-refractivity contribution in [1.82, 2.24) is 15.5 Å². The number of hydrogen-bond acceptors (Lipinski definition) is 5. The fourth-order valence-corrected chi connectivity index (χ4v) is 9.01. The van der Waals surface area contributed by atoms with Crippen LogP contribution in [-0.4, -0.2) is 56.4 Å². The molecule has 0 aliphatic carbocycles. The lowest BCUT2D eigenvalue weighted by atomic mass is 9.66. The Morgan fingerprint density at radius 1 is 1.05 bits per heavy atom. The van der Waals surface area contributed by atoms with Gasteiger partial charge in [-0.1, -0.05) is 67.6 Å². The zero-order valence-corrected chi connectivity index (χ0v) is 22.2. The highest BCUT2D eigenvalue weighted by Crippen LogP contribution is 2.71. The lowest BCUT2D eigenvalue weighted by Gasteiger charge is -2.37. The van der Waals surface area contributed by atoms with Gasteiger partial charge < -0.3 is 20.6 Å². The second-order valence-electron chi connectivity index (χ2n) is 10.6. The van der Waals surface area contributed by atoms with Crippen LogP contribution in [0.25, 0.3) is 0 Å². The van der Waals surface area contributed by atoms with Gasteiger partial charge in [-0.3, -0.25) is 14.4 Å². The van der Waals surface area contributed by atoms with Crippen LogP contribution in [0, 0.1) is 11.8 Å². The van der Waals surface area contributed by atoms with Crippen LogP contribution >= 0.6 is 11.8 Å². The largest absolute Gasteiger partial charge is 0.394 e. The van der Waals surface area contributed by atoms with E-state index in [0.29, 0.717) is 19.5 Å². The van der Waals surface area contributed by atoms with E-state index in [1.54, 1.807) is 16.7 Å². The number of benzene rings is 2. The van der Waals surface area contributed by atoms with Gasteiger partial charge in [0.15, 0.2) is 0 Å². The van der Waals surface area contributed by atoms with Crippen molar-refractivity contribution < 1.29 is 19.5 Å². The molecule has 0 saturated carbocycles. The highest BCUT2D eigenvalue weighted by atomic mass is 32.2. The number of thioether (sulfide) groups is 1. The van der Waals surface area contributed by atoms with Crippen molar-refractivity contribution in [3.8, 4) is 0 Å². The topological polar surface area (TPSA) is 98.7 Å². The summed E-state index contributed by atoms with van der Waals surface area (Å²) < 4.78 is -1.13. The van der Waals surface area contributed by atoms with Gasteiger partial charge in [0.25, 0.3) is 0 Å². The van der Waals surface area contributed by atoms with Crippen molar-refractivity contribution in [2.75, 3.05) is 13.2 Å². The molecule has 2 aromatic carbocycles. The molecule has 3 amide bonds. The number of carbonyl (C=O) groups excluding carboxylic acids is 3. The van der Waals surface area contributed by atoms with E-state index in [0.717, 1.165) is 24.0 Å². The van der Waals surface area contributed by atoms with Crippen LogP contribution in [0.4, 0.5) is 0 Å². The normalized spacial score (nSPS) is 30.7. The second kappa shape index (κ2) is 10.1. The summed E-state index contributed by atoms with van der Waals surface area (Å²) in [5.41, 5.74) is 1.74. The van der Waals surface area contributed by atoms with E-state index in [1.807, 2.05) is 67.6 Å². The fraction of sp³-hybridized carbons (Fsp3) is 0.483. The van der Waals surface area contributed by atoms with Gasteiger partial charge in [0.2, 0.25) is 17.7 Å². The molecule has 37 heavy (non-hydrogen) atoms. The van der Waals surface area contributed by atoms with Gasteiger partial charge in [0.05, 0.1) is 29.2 Å². The monoisotopic (exact) mass is 521 g/mol. The number of hydrogen-bond donors (Lipinski definition) is 3. The van der Waals surface area contributed by atoms with Crippen molar-refractivity contribution in [2.45, 2.75) is 61.2 Å². The number of rotatable bonds is 9. The van der Waals surface area contributed by atoms with Crippen molar-refractivity contribution in [2.24, 2.45) is 11.8 Å². The predicted octanol–water partition coefficient (Wildman–Crippen LogP) is 3.04. The van der Waals surface area contributed by atoms with Crippen LogP contribution < -0.4 is 10.6 Å². The minimum Gasteiger partial charge on any atom is -0.394 e. The molecule has 3 N–H and O–H groups in total. The number of carbonyl (C=O) groups is 3. The van der Waals surface area contributed by atoms with Crippen molar-refractivity contribution in [3.05, 3.63) is 71.8 Å². The first-order chi connectivity index (χ1) is 17.9. The lowest BCUT2D eigenvalue weighted by Crippen LogP contribution is -2.54. The number of nitrogens with zero attached hydrogens (tertiary/aromatic N) is 1. The molecule has 0 aromatic heterocycles. The molecule has 0 radical (unpaired) electrons. The standard InChI is InChI=1S/C29H35N3O4S/c1-3-16-30-25(34)22-23-27(36)32(21(18-33)20-12-8-5-9-13-20)24(29(23)15-14-28(22,2)37-29)26(35)31-17-19-10-6-4-7-11-19/h4-13,21-24,33H,3,14-18H2,1-2H3,(H,30,34)(H,31,35)/t21-,22-,23+,24?,28+,29?/m1/s1. The summed E-state index contributed by atoms with van der Waals surface area (Å²) in [6.45, 7) is 4.66. The third-order valence-corrected chi connectivity index (χ3v) is 10.3. The van der Waals surface area contributed by atoms with Gasteiger partial charge in [-0.2, -0.15) is 0 Å². The summed E-state index contributed by atoms with van der Waals surface area (Å²) in [5, 5.41) is 16.6. The molecule has 8 heteroatoms. The van der Waals surface area contributed by atoms with Gasteiger partial charge in [-0.15, -0.1) is 11.8 Å². The van der Waals surface area contributed by atoms with Gasteiger partial charge in [0, 0.05) is 17.8 Å². The van der Waals surface area contributed by atoms with Crippen LogP contribution in [-0.2, 0) is 20.9 Å². The number of fused-ring (bicyclic) bond motifs is 1. The molecular weight excluding hydrogens is 486 g/mol. The van der Waals surface area contributed by atoms with E-state index in [-0.39, 0.29) is 24.3 Å². The third-order valence-electron chi connectivity index (χ3n) is 8.30. The maximum absolute atomic E-state index is 14.3. The molecule has 3 aliphatic heterocycles. The Bertz CT molecular complexity index is 1160. The first-order valence-corrected chi connectivity index (χ1v) is 14.0. The molecule has 7 nitrogen and oxygen atoms in total. The lowest BCUT2D eigenvalue weighted by molar-refractivity contribution is -0.143. The molecule has 1 spiro atoms. The smallest absolute Gasteiger partial charge is 0.244 e. The molecule has 6 atom stereocenters. The molecule has 3 fully saturated rings. The average molecular weight is 522 g/mol.